The second-order valence-electron chi connectivity index (χ2n) is 5.17. The minimum Gasteiger partial charge on any atom is -0.380 e. The summed E-state index contributed by atoms with van der Waals surface area (Å²) < 4.78 is 5.43. The van der Waals surface area contributed by atoms with Crippen molar-refractivity contribution in [1.82, 2.24) is 0 Å². The fourth-order valence-electron chi connectivity index (χ4n) is 2.92. The fourth-order valence-corrected chi connectivity index (χ4v) is 2.92. The first kappa shape index (κ1) is 11.7. The summed E-state index contributed by atoms with van der Waals surface area (Å²) in [7, 11) is 0. The van der Waals surface area contributed by atoms with Crippen LogP contribution in [0.5, 0.6) is 0 Å². The van der Waals surface area contributed by atoms with Crippen LogP contribution in [0.4, 0.5) is 5.69 Å². The van der Waals surface area contributed by atoms with Crippen LogP contribution < -0.4 is 4.90 Å². The molecule has 18 heavy (non-hydrogen) atoms. The molecule has 0 amide bonds. The van der Waals surface area contributed by atoms with E-state index in [9.17, 15) is 4.79 Å². The number of carbonyl (C=O) groups is 1. The highest BCUT2D eigenvalue weighted by molar-refractivity contribution is 5.82. The van der Waals surface area contributed by atoms with E-state index >= 15 is 0 Å². The lowest BCUT2D eigenvalue weighted by molar-refractivity contribution is -0.129. The second-order valence-corrected chi connectivity index (χ2v) is 5.17. The Hall–Kier alpha value is -1.35. The second kappa shape index (κ2) is 5.11. The Morgan fingerprint density at radius 2 is 2.17 bits per heavy atom. The van der Waals surface area contributed by atoms with E-state index in [4.69, 9.17) is 4.74 Å². The van der Waals surface area contributed by atoms with Gasteiger partial charge >= 0.3 is 0 Å². The molecule has 1 saturated heterocycles. The zero-order chi connectivity index (χ0) is 12.4. The van der Waals surface area contributed by atoms with E-state index in [1.165, 1.54) is 17.7 Å². The standard InChI is InChI=1S/C15H19NO2/c17-15-7-9-18-11-13(15)10-16-8-3-5-12-4-1-2-6-14(12)16/h1-2,4,6,13H,3,5,7-11H2. The highest BCUT2D eigenvalue weighted by Gasteiger charge is 2.27. The number of ether oxygens (including phenoxy) is 1. The molecule has 1 fully saturated rings. The number of para-hydroxylation sites is 1. The van der Waals surface area contributed by atoms with E-state index < -0.39 is 0 Å². The van der Waals surface area contributed by atoms with Crippen LogP contribution >= 0.6 is 0 Å². The zero-order valence-corrected chi connectivity index (χ0v) is 10.6. The molecule has 0 spiro atoms. The third-order valence-electron chi connectivity index (χ3n) is 3.91. The summed E-state index contributed by atoms with van der Waals surface area (Å²) in [4.78, 5) is 14.2. The highest BCUT2D eigenvalue weighted by atomic mass is 16.5. The van der Waals surface area contributed by atoms with E-state index in [0.29, 0.717) is 25.4 Å². The Bertz CT molecular complexity index is 444. The number of Topliss-reactive ketones (excluding diaryl/α,β-unsaturated/α-hetero) is 1. The molecule has 2 aliphatic rings. The van der Waals surface area contributed by atoms with Crippen LogP contribution in [-0.2, 0) is 16.0 Å². The highest BCUT2D eigenvalue weighted by Crippen LogP contribution is 2.28. The van der Waals surface area contributed by atoms with Crippen molar-refractivity contribution in [1.29, 1.82) is 0 Å². The molecule has 1 aromatic rings. The van der Waals surface area contributed by atoms with Crippen LogP contribution in [0.3, 0.4) is 0 Å². The van der Waals surface area contributed by atoms with Gasteiger partial charge in [0.15, 0.2) is 0 Å². The van der Waals surface area contributed by atoms with Gasteiger partial charge in [0.25, 0.3) is 0 Å². The van der Waals surface area contributed by atoms with E-state index in [0.717, 1.165) is 19.5 Å². The third-order valence-corrected chi connectivity index (χ3v) is 3.91. The van der Waals surface area contributed by atoms with Crippen LogP contribution in [-0.4, -0.2) is 32.1 Å². The molecule has 1 aromatic carbocycles. The number of aryl methyl sites for hydroxylation is 1. The number of fused-ring (bicyclic) bond motifs is 1. The van der Waals surface area contributed by atoms with Gasteiger partial charge in [-0.1, -0.05) is 18.2 Å². The number of hydrogen-bond acceptors (Lipinski definition) is 3. The average molecular weight is 245 g/mol. The molecule has 3 rings (SSSR count). The van der Waals surface area contributed by atoms with Gasteiger partial charge in [-0.3, -0.25) is 4.79 Å². The van der Waals surface area contributed by atoms with Crippen molar-refractivity contribution in [2.75, 3.05) is 31.2 Å². The first-order valence-corrected chi connectivity index (χ1v) is 6.78. The summed E-state index contributed by atoms with van der Waals surface area (Å²) in [5.41, 5.74) is 2.72. The normalized spacial score (nSPS) is 23.9. The molecule has 96 valence electrons. The predicted molar refractivity (Wildman–Crippen MR) is 70.9 cm³/mol. The fraction of sp³-hybridized carbons (Fsp3) is 0.533. The summed E-state index contributed by atoms with van der Waals surface area (Å²) in [6.45, 7) is 3.07. The van der Waals surface area contributed by atoms with Crippen LogP contribution in [0, 0.1) is 5.92 Å². The van der Waals surface area contributed by atoms with Crippen molar-refractivity contribution in [3.05, 3.63) is 29.8 Å². The Labute approximate surface area is 108 Å². The number of anilines is 1. The van der Waals surface area contributed by atoms with E-state index in [-0.39, 0.29) is 5.92 Å². The molecule has 3 nitrogen and oxygen atoms in total. The van der Waals surface area contributed by atoms with Gasteiger partial charge in [-0.25, -0.2) is 0 Å². The van der Waals surface area contributed by atoms with Crippen molar-refractivity contribution in [2.24, 2.45) is 5.92 Å². The minimum atomic E-state index is 0.0601. The lowest BCUT2D eigenvalue weighted by atomic mass is 9.96. The SMILES string of the molecule is O=C1CCOCC1CN1CCCc2ccccc21. The Kier molecular flexibility index (Phi) is 3.33. The molecule has 3 heteroatoms. The first-order chi connectivity index (χ1) is 8.84. The number of benzene rings is 1. The molecule has 0 saturated carbocycles. The third kappa shape index (κ3) is 2.27. The summed E-state index contributed by atoms with van der Waals surface area (Å²) in [6, 6.07) is 8.54. The largest absolute Gasteiger partial charge is 0.380 e. The first-order valence-electron chi connectivity index (χ1n) is 6.78. The lowest BCUT2D eigenvalue weighted by Crippen LogP contribution is -2.40. The average Bonchev–Trinajstić information content (AvgIpc) is 2.42. The van der Waals surface area contributed by atoms with Crippen molar-refractivity contribution in [3.8, 4) is 0 Å². The maximum atomic E-state index is 11.9. The maximum Gasteiger partial charge on any atom is 0.142 e. The number of rotatable bonds is 2. The Balaban J connectivity index is 1.75. The molecule has 1 unspecified atom stereocenters. The van der Waals surface area contributed by atoms with Gasteiger partial charge in [-0.05, 0) is 24.5 Å². The molecule has 0 bridgehead atoms. The van der Waals surface area contributed by atoms with Crippen molar-refractivity contribution >= 4 is 11.5 Å². The smallest absolute Gasteiger partial charge is 0.142 e. The quantitative estimate of drug-likeness (QED) is 0.798. The van der Waals surface area contributed by atoms with Crippen LogP contribution in [0.25, 0.3) is 0 Å². The number of ketones is 1. The summed E-state index contributed by atoms with van der Waals surface area (Å²) in [5, 5.41) is 0. The van der Waals surface area contributed by atoms with Gasteiger partial charge in [-0.2, -0.15) is 0 Å². The summed E-state index contributed by atoms with van der Waals surface area (Å²) >= 11 is 0. The number of carbonyl (C=O) groups excluding carboxylic acids is 1. The van der Waals surface area contributed by atoms with Crippen molar-refractivity contribution in [2.45, 2.75) is 19.3 Å². The summed E-state index contributed by atoms with van der Waals surface area (Å²) in [6.07, 6.45) is 2.92. The number of hydrogen-bond donors (Lipinski definition) is 0. The molecular formula is C15H19NO2. The van der Waals surface area contributed by atoms with Crippen molar-refractivity contribution in [3.63, 3.8) is 0 Å². The van der Waals surface area contributed by atoms with Crippen LogP contribution in [0.2, 0.25) is 0 Å². The Morgan fingerprint density at radius 1 is 1.28 bits per heavy atom. The molecule has 1 atom stereocenters. The number of nitrogens with zero attached hydrogens (tertiary/aromatic N) is 1. The monoisotopic (exact) mass is 245 g/mol. The predicted octanol–water partition coefficient (Wildman–Crippen LogP) is 2.04. The van der Waals surface area contributed by atoms with Gasteiger partial charge in [0.05, 0.1) is 19.1 Å². The Morgan fingerprint density at radius 3 is 3.06 bits per heavy atom. The molecular weight excluding hydrogens is 226 g/mol. The van der Waals surface area contributed by atoms with Crippen LogP contribution in [0.15, 0.2) is 24.3 Å². The molecule has 0 aromatic heterocycles. The zero-order valence-electron chi connectivity index (χ0n) is 10.6. The molecule has 2 heterocycles. The van der Waals surface area contributed by atoms with Gasteiger partial charge in [0.1, 0.15) is 5.78 Å². The van der Waals surface area contributed by atoms with E-state index in [1.54, 1.807) is 0 Å². The maximum absolute atomic E-state index is 11.9. The van der Waals surface area contributed by atoms with Gasteiger partial charge < -0.3 is 9.64 Å². The van der Waals surface area contributed by atoms with Gasteiger partial charge in [0, 0.05) is 25.2 Å². The topological polar surface area (TPSA) is 29.5 Å². The molecule has 0 N–H and O–H groups in total. The van der Waals surface area contributed by atoms with Gasteiger partial charge in [0.2, 0.25) is 0 Å². The minimum absolute atomic E-state index is 0.0601. The molecule has 0 aliphatic carbocycles. The van der Waals surface area contributed by atoms with Crippen molar-refractivity contribution < 1.29 is 9.53 Å². The molecule has 2 aliphatic heterocycles. The van der Waals surface area contributed by atoms with Gasteiger partial charge in [-0.15, -0.1) is 0 Å². The molecule has 0 radical (unpaired) electrons. The van der Waals surface area contributed by atoms with Crippen LogP contribution in [0.1, 0.15) is 18.4 Å². The lowest BCUT2D eigenvalue weighted by Gasteiger charge is -2.34. The van der Waals surface area contributed by atoms with E-state index in [1.807, 2.05) is 0 Å². The van der Waals surface area contributed by atoms with E-state index in [2.05, 4.69) is 29.2 Å². The summed E-state index contributed by atoms with van der Waals surface area (Å²) in [5.74, 6) is 0.425.